The van der Waals surface area contributed by atoms with Crippen molar-refractivity contribution in [1.29, 1.82) is 5.26 Å². The molecule has 0 heterocycles. The fourth-order valence-electron chi connectivity index (χ4n) is 2.15. The SMILES string of the molecule is N#CCC(=O)NCc1cccc(NC(=O)CNC(=O)c2ccccc2)c1. The van der Waals surface area contributed by atoms with Crippen LogP contribution in [0.15, 0.2) is 54.6 Å². The second-order valence-electron chi connectivity index (χ2n) is 5.41. The van der Waals surface area contributed by atoms with Crippen LogP contribution in [0.25, 0.3) is 0 Å². The minimum Gasteiger partial charge on any atom is -0.351 e. The van der Waals surface area contributed by atoms with Crippen molar-refractivity contribution in [3.05, 3.63) is 65.7 Å². The molecule has 2 aromatic rings. The Hall–Kier alpha value is -3.66. The first-order valence-electron chi connectivity index (χ1n) is 7.94. The summed E-state index contributed by atoms with van der Waals surface area (Å²) in [6.45, 7) is 0.103. The van der Waals surface area contributed by atoms with E-state index in [1.54, 1.807) is 60.7 Å². The monoisotopic (exact) mass is 350 g/mol. The van der Waals surface area contributed by atoms with E-state index in [0.717, 1.165) is 5.56 Å². The average molecular weight is 350 g/mol. The Labute approximate surface area is 151 Å². The van der Waals surface area contributed by atoms with Crippen molar-refractivity contribution in [2.45, 2.75) is 13.0 Å². The molecule has 0 unspecified atom stereocenters. The summed E-state index contributed by atoms with van der Waals surface area (Å²) < 4.78 is 0. The van der Waals surface area contributed by atoms with E-state index in [-0.39, 0.29) is 37.2 Å². The van der Waals surface area contributed by atoms with Gasteiger partial charge in [-0.1, -0.05) is 30.3 Å². The van der Waals surface area contributed by atoms with E-state index in [9.17, 15) is 14.4 Å². The fraction of sp³-hybridized carbons (Fsp3) is 0.158. The maximum absolute atomic E-state index is 12.0. The normalized spacial score (nSPS) is 9.65. The molecule has 3 N–H and O–H groups in total. The minimum atomic E-state index is -0.361. The van der Waals surface area contributed by atoms with Crippen LogP contribution in [-0.2, 0) is 16.1 Å². The highest BCUT2D eigenvalue weighted by molar-refractivity contribution is 5.99. The van der Waals surface area contributed by atoms with Gasteiger partial charge in [-0.2, -0.15) is 5.26 Å². The number of carbonyl (C=O) groups is 3. The van der Waals surface area contributed by atoms with Crippen LogP contribution in [0.2, 0.25) is 0 Å². The predicted molar refractivity (Wildman–Crippen MR) is 95.9 cm³/mol. The molecule has 7 nitrogen and oxygen atoms in total. The second-order valence-corrected chi connectivity index (χ2v) is 5.41. The van der Waals surface area contributed by atoms with Gasteiger partial charge in [0.05, 0.1) is 12.6 Å². The largest absolute Gasteiger partial charge is 0.351 e. The van der Waals surface area contributed by atoms with Gasteiger partial charge in [-0.25, -0.2) is 0 Å². The van der Waals surface area contributed by atoms with E-state index in [4.69, 9.17) is 5.26 Å². The Morgan fingerprint density at radius 2 is 1.69 bits per heavy atom. The van der Waals surface area contributed by atoms with Gasteiger partial charge in [0.25, 0.3) is 5.91 Å². The molecule has 26 heavy (non-hydrogen) atoms. The van der Waals surface area contributed by atoms with Crippen LogP contribution in [0.1, 0.15) is 22.3 Å². The molecule has 2 rings (SSSR count). The zero-order valence-electron chi connectivity index (χ0n) is 14.0. The van der Waals surface area contributed by atoms with Crippen LogP contribution in [-0.4, -0.2) is 24.3 Å². The van der Waals surface area contributed by atoms with Crippen molar-refractivity contribution in [3.63, 3.8) is 0 Å². The number of nitrogens with one attached hydrogen (secondary N) is 3. The topological polar surface area (TPSA) is 111 Å². The molecule has 0 spiro atoms. The molecule has 2 aromatic carbocycles. The molecule has 3 amide bonds. The molecule has 0 aliphatic heterocycles. The fourth-order valence-corrected chi connectivity index (χ4v) is 2.15. The molecular formula is C19H18N4O3. The highest BCUT2D eigenvalue weighted by atomic mass is 16.2. The third-order valence-corrected chi connectivity index (χ3v) is 3.39. The number of nitrogens with zero attached hydrogens (tertiary/aromatic N) is 1. The Bertz CT molecular complexity index is 828. The first-order valence-corrected chi connectivity index (χ1v) is 7.94. The van der Waals surface area contributed by atoms with Crippen LogP contribution < -0.4 is 16.0 Å². The molecule has 0 aromatic heterocycles. The zero-order chi connectivity index (χ0) is 18.8. The summed E-state index contributed by atoms with van der Waals surface area (Å²) in [6, 6.07) is 17.3. The van der Waals surface area contributed by atoms with Crippen LogP contribution in [0, 0.1) is 11.3 Å². The number of rotatable bonds is 7. The van der Waals surface area contributed by atoms with E-state index in [1.165, 1.54) is 0 Å². The lowest BCUT2D eigenvalue weighted by Gasteiger charge is -2.09. The third-order valence-electron chi connectivity index (χ3n) is 3.39. The maximum Gasteiger partial charge on any atom is 0.251 e. The minimum absolute atomic E-state index is 0.156. The third kappa shape index (κ3) is 6.09. The number of hydrogen-bond donors (Lipinski definition) is 3. The van der Waals surface area contributed by atoms with Crippen LogP contribution in [0.3, 0.4) is 0 Å². The van der Waals surface area contributed by atoms with Crippen molar-refractivity contribution < 1.29 is 14.4 Å². The van der Waals surface area contributed by atoms with Gasteiger partial charge in [0.2, 0.25) is 11.8 Å². The summed E-state index contributed by atoms with van der Waals surface area (Å²) in [5, 5.41) is 16.3. The molecule has 132 valence electrons. The van der Waals surface area contributed by atoms with E-state index in [2.05, 4.69) is 16.0 Å². The smallest absolute Gasteiger partial charge is 0.251 e. The maximum atomic E-state index is 12.0. The number of nitriles is 1. The Kier molecular flexibility index (Phi) is 6.89. The molecule has 7 heteroatoms. The first kappa shape index (κ1) is 18.7. The van der Waals surface area contributed by atoms with Crippen molar-refractivity contribution in [3.8, 4) is 6.07 Å². The van der Waals surface area contributed by atoms with Gasteiger partial charge in [-0.15, -0.1) is 0 Å². The summed E-state index contributed by atoms with van der Waals surface area (Å²) in [4.78, 5) is 35.2. The summed E-state index contributed by atoms with van der Waals surface area (Å²) in [6.07, 6.45) is -0.197. The van der Waals surface area contributed by atoms with Crippen molar-refractivity contribution >= 4 is 23.4 Å². The molecular weight excluding hydrogens is 332 g/mol. The molecule has 0 bridgehead atoms. The van der Waals surface area contributed by atoms with Gasteiger partial charge >= 0.3 is 0 Å². The van der Waals surface area contributed by atoms with E-state index in [1.807, 2.05) is 0 Å². The standard InChI is InChI=1S/C19H18N4O3/c20-10-9-17(24)21-12-14-5-4-8-16(11-14)23-18(25)13-22-19(26)15-6-2-1-3-7-15/h1-8,11H,9,12-13H2,(H,21,24)(H,22,26)(H,23,25). The van der Waals surface area contributed by atoms with Gasteiger partial charge in [0.1, 0.15) is 6.42 Å². The Balaban J connectivity index is 1.83. The first-order chi connectivity index (χ1) is 12.6. The van der Waals surface area contributed by atoms with Crippen LogP contribution in [0.5, 0.6) is 0 Å². The number of carbonyl (C=O) groups excluding carboxylic acids is 3. The zero-order valence-corrected chi connectivity index (χ0v) is 14.0. The average Bonchev–Trinajstić information content (AvgIpc) is 2.66. The van der Waals surface area contributed by atoms with Gasteiger partial charge in [0.15, 0.2) is 0 Å². The van der Waals surface area contributed by atoms with Gasteiger partial charge in [0, 0.05) is 17.8 Å². The summed E-state index contributed by atoms with van der Waals surface area (Å²) in [5.41, 5.74) is 1.81. The number of amides is 3. The van der Waals surface area contributed by atoms with E-state index in [0.29, 0.717) is 11.3 Å². The summed E-state index contributed by atoms with van der Waals surface area (Å²) in [5.74, 6) is -1.04. The van der Waals surface area contributed by atoms with Crippen LogP contribution in [0.4, 0.5) is 5.69 Å². The highest BCUT2D eigenvalue weighted by Gasteiger charge is 2.08. The number of anilines is 1. The Morgan fingerprint density at radius 3 is 2.42 bits per heavy atom. The second kappa shape index (κ2) is 9.59. The van der Waals surface area contributed by atoms with Crippen molar-refractivity contribution in [1.82, 2.24) is 10.6 Å². The lowest BCUT2D eigenvalue weighted by molar-refractivity contribution is -0.120. The lowest BCUT2D eigenvalue weighted by atomic mass is 10.2. The number of hydrogen-bond acceptors (Lipinski definition) is 4. The molecule has 0 fully saturated rings. The molecule has 0 atom stereocenters. The quantitative estimate of drug-likeness (QED) is 0.704. The predicted octanol–water partition coefficient (Wildman–Crippen LogP) is 1.58. The van der Waals surface area contributed by atoms with Gasteiger partial charge < -0.3 is 16.0 Å². The lowest BCUT2D eigenvalue weighted by Crippen LogP contribution is -2.32. The summed E-state index contributed by atoms with van der Waals surface area (Å²) in [7, 11) is 0. The molecule has 0 aliphatic rings. The van der Waals surface area contributed by atoms with Gasteiger partial charge in [-0.3, -0.25) is 14.4 Å². The highest BCUT2D eigenvalue weighted by Crippen LogP contribution is 2.10. The van der Waals surface area contributed by atoms with Gasteiger partial charge in [-0.05, 0) is 29.8 Å². The number of benzene rings is 2. The molecule has 0 aliphatic carbocycles. The van der Waals surface area contributed by atoms with Crippen molar-refractivity contribution in [2.75, 3.05) is 11.9 Å². The van der Waals surface area contributed by atoms with E-state index < -0.39 is 0 Å². The Morgan fingerprint density at radius 1 is 0.923 bits per heavy atom. The van der Waals surface area contributed by atoms with Crippen molar-refractivity contribution in [2.24, 2.45) is 0 Å². The molecule has 0 saturated carbocycles. The van der Waals surface area contributed by atoms with E-state index >= 15 is 0 Å². The molecule has 0 radical (unpaired) electrons. The summed E-state index contributed by atoms with van der Waals surface area (Å²) >= 11 is 0. The van der Waals surface area contributed by atoms with Crippen LogP contribution >= 0.6 is 0 Å². The molecule has 0 saturated heterocycles.